The van der Waals surface area contributed by atoms with Crippen LogP contribution >= 0.6 is 0 Å². The quantitative estimate of drug-likeness (QED) is 0.302. The lowest BCUT2D eigenvalue weighted by atomic mass is 9.89. The number of methoxy groups -OCH3 is 1. The van der Waals surface area contributed by atoms with Gasteiger partial charge in [0.1, 0.15) is 23.9 Å². The first-order valence-electron chi connectivity index (χ1n) is 9.85. The van der Waals surface area contributed by atoms with E-state index in [4.69, 9.17) is 18.9 Å². The molecule has 1 spiro atoms. The van der Waals surface area contributed by atoms with Gasteiger partial charge in [0.05, 0.1) is 13.2 Å². The molecule has 0 aromatic heterocycles. The van der Waals surface area contributed by atoms with Crippen LogP contribution in [0.15, 0.2) is 12.2 Å². The Morgan fingerprint density at radius 1 is 1.08 bits per heavy atom. The second-order valence-electron chi connectivity index (χ2n) is 7.05. The van der Waals surface area contributed by atoms with Crippen LogP contribution in [0, 0.1) is 0 Å². The van der Waals surface area contributed by atoms with Crippen LogP contribution in [0.5, 0.6) is 0 Å². The van der Waals surface area contributed by atoms with Crippen LogP contribution in [0.2, 0.25) is 0 Å². The Bertz CT molecular complexity index is 365. The Hall–Kier alpha value is -0.420. The van der Waals surface area contributed by atoms with Gasteiger partial charge in [0.25, 0.3) is 0 Å². The van der Waals surface area contributed by atoms with Crippen LogP contribution in [0.25, 0.3) is 0 Å². The Balaban J connectivity index is 1.79. The fourth-order valence-electron chi connectivity index (χ4n) is 3.49. The third-order valence-electron chi connectivity index (χ3n) is 5.09. The van der Waals surface area contributed by atoms with Crippen LogP contribution in [-0.4, -0.2) is 50.8 Å². The molecule has 2 aliphatic heterocycles. The SMILES string of the molecule is CCCCCCC/C=C/[C@@H]1OC[C@@H](OCCCC)[C@H](OC)[C@@]12CO2. The van der Waals surface area contributed by atoms with E-state index in [0.29, 0.717) is 13.2 Å². The average molecular weight is 341 g/mol. The second-order valence-corrected chi connectivity index (χ2v) is 7.05. The Morgan fingerprint density at radius 3 is 2.50 bits per heavy atom. The van der Waals surface area contributed by atoms with E-state index in [9.17, 15) is 0 Å². The zero-order valence-corrected chi connectivity index (χ0v) is 15.8. The highest BCUT2D eigenvalue weighted by atomic mass is 16.7. The molecule has 0 unspecified atom stereocenters. The second kappa shape index (κ2) is 10.5. The van der Waals surface area contributed by atoms with Gasteiger partial charge in [-0.2, -0.15) is 0 Å². The lowest BCUT2D eigenvalue weighted by Crippen LogP contribution is -2.57. The minimum atomic E-state index is -0.331. The molecule has 0 amide bonds. The summed E-state index contributed by atoms with van der Waals surface area (Å²) in [6, 6.07) is 0. The van der Waals surface area contributed by atoms with Gasteiger partial charge >= 0.3 is 0 Å². The van der Waals surface area contributed by atoms with Crippen molar-refractivity contribution < 1.29 is 18.9 Å². The van der Waals surface area contributed by atoms with Crippen molar-refractivity contribution in [2.24, 2.45) is 0 Å². The van der Waals surface area contributed by atoms with Crippen LogP contribution in [0.4, 0.5) is 0 Å². The molecular weight excluding hydrogens is 304 g/mol. The fourth-order valence-corrected chi connectivity index (χ4v) is 3.49. The van der Waals surface area contributed by atoms with Gasteiger partial charge in [-0.3, -0.25) is 0 Å². The Kier molecular flexibility index (Phi) is 8.74. The number of hydrogen-bond donors (Lipinski definition) is 0. The lowest BCUT2D eigenvalue weighted by molar-refractivity contribution is -0.182. The van der Waals surface area contributed by atoms with Crippen molar-refractivity contribution in [1.82, 2.24) is 0 Å². The van der Waals surface area contributed by atoms with Gasteiger partial charge in [-0.1, -0.05) is 58.1 Å². The molecule has 0 radical (unpaired) electrons. The van der Waals surface area contributed by atoms with E-state index in [1.165, 1.54) is 32.1 Å². The van der Waals surface area contributed by atoms with Gasteiger partial charge in [0.2, 0.25) is 0 Å². The van der Waals surface area contributed by atoms with Crippen LogP contribution < -0.4 is 0 Å². The first kappa shape index (κ1) is 19.9. The van der Waals surface area contributed by atoms with E-state index in [-0.39, 0.29) is 23.9 Å². The average Bonchev–Trinajstić information content (AvgIpc) is 3.37. The number of epoxide rings is 1. The lowest BCUT2D eigenvalue weighted by Gasteiger charge is -2.39. The normalized spacial score (nSPS) is 32.7. The molecule has 2 aliphatic rings. The van der Waals surface area contributed by atoms with Gasteiger partial charge in [-0.05, 0) is 19.3 Å². The van der Waals surface area contributed by atoms with Crippen molar-refractivity contribution in [3.05, 3.63) is 12.2 Å². The molecule has 140 valence electrons. The van der Waals surface area contributed by atoms with Crippen molar-refractivity contribution in [3.8, 4) is 0 Å². The standard InChI is InChI=1S/C20H36O4/c1-4-6-8-9-10-11-12-13-18-20(16-24-20)19(21-3)17(15-23-18)22-14-7-5-2/h12-13,17-19H,4-11,14-16H2,1-3H3/b13-12+/t17-,18+,19+,20-/m1/s1. The molecule has 4 nitrogen and oxygen atoms in total. The molecule has 2 saturated heterocycles. The molecule has 2 heterocycles. The molecule has 24 heavy (non-hydrogen) atoms. The van der Waals surface area contributed by atoms with Crippen molar-refractivity contribution in [3.63, 3.8) is 0 Å². The zero-order valence-electron chi connectivity index (χ0n) is 15.8. The van der Waals surface area contributed by atoms with E-state index in [1.807, 2.05) is 0 Å². The van der Waals surface area contributed by atoms with Crippen molar-refractivity contribution in [1.29, 1.82) is 0 Å². The maximum absolute atomic E-state index is 6.06. The van der Waals surface area contributed by atoms with E-state index < -0.39 is 0 Å². The van der Waals surface area contributed by atoms with Gasteiger partial charge in [-0.25, -0.2) is 0 Å². The first-order valence-corrected chi connectivity index (χ1v) is 9.85. The summed E-state index contributed by atoms with van der Waals surface area (Å²) in [7, 11) is 1.75. The smallest absolute Gasteiger partial charge is 0.150 e. The summed E-state index contributed by atoms with van der Waals surface area (Å²) in [6.45, 7) is 6.46. The molecule has 2 rings (SSSR count). The highest BCUT2D eigenvalue weighted by Gasteiger charge is 2.63. The molecule has 4 atom stereocenters. The number of allylic oxidation sites excluding steroid dienone is 1. The topological polar surface area (TPSA) is 40.2 Å². The van der Waals surface area contributed by atoms with Gasteiger partial charge in [0.15, 0.2) is 0 Å². The highest BCUT2D eigenvalue weighted by molar-refractivity contribution is 5.17. The number of rotatable bonds is 12. The summed E-state index contributed by atoms with van der Waals surface area (Å²) >= 11 is 0. The minimum Gasteiger partial charge on any atom is -0.375 e. The number of unbranched alkanes of at least 4 members (excludes halogenated alkanes) is 6. The van der Waals surface area contributed by atoms with Crippen LogP contribution in [-0.2, 0) is 18.9 Å². The molecule has 0 aromatic rings. The van der Waals surface area contributed by atoms with E-state index >= 15 is 0 Å². The summed E-state index contributed by atoms with van der Waals surface area (Å²) in [4.78, 5) is 0. The predicted molar refractivity (Wildman–Crippen MR) is 96.4 cm³/mol. The zero-order chi connectivity index (χ0) is 17.3. The molecule has 0 bridgehead atoms. The third-order valence-corrected chi connectivity index (χ3v) is 5.09. The van der Waals surface area contributed by atoms with Gasteiger partial charge < -0.3 is 18.9 Å². The monoisotopic (exact) mass is 340 g/mol. The minimum absolute atomic E-state index is 0.0101. The van der Waals surface area contributed by atoms with E-state index in [0.717, 1.165) is 25.9 Å². The Morgan fingerprint density at radius 2 is 1.83 bits per heavy atom. The molecular formula is C20H36O4. The highest BCUT2D eigenvalue weighted by Crippen LogP contribution is 2.43. The summed E-state index contributed by atoms with van der Waals surface area (Å²) in [5, 5.41) is 0. The van der Waals surface area contributed by atoms with E-state index in [2.05, 4.69) is 26.0 Å². The largest absolute Gasteiger partial charge is 0.375 e. The van der Waals surface area contributed by atoms with Crippen LogP contribution in [0.3, 0.4) is 0 Å². The predicted octanol–water partition coefficient (Wildman–Crippen LogP) is 4.27. The molecule has 0 aromatic carbocycles. The number of hydrogen-bond acceptors (Lipinski definition) is 4. The van der Waals surface area contributed by atoms with Crippen molar-refractivity contribution in [2.75, 3.05) is 26.9 Å². The summed E-state index contributed by atoms with van der Waals surface area (Å²) in [6.07, 6.45) is 14.3. The summed E-state index contributed by atoms with van der Waals surface area (Å²) < 4.78 is 23.6. The maximum atomic E-state index is 6.06. The van der Waals surface area contributed by atoms with Gasteiger partial charge in [-0.15, -0.1) is 0 Å². The molecule has 0 aliphatic carbocycles. The van der Waals surface area contributed by atoms with Gasteiger partial charge in [0, 0.05) is 13.7 Å². The molecule has 4 heteroatoms. The maximum Gasteiger partial charge on any atom is 0.150 e. The first-order chi connectivity index (χ1) is 11.8. The van der Waals surface area contributed by atoms with E-state index in [1.54, 1.807) is 7.11 Å². The van der Waals surface area contributed by atoms with Crippen LogP contribution in [0.1, 0.15) is 65.2 Å². The van der Waals surface area contributed by atoms with Crippen molar-refractivity contribution >= 4 is 0 Å². The van der Waals surface area contributed by atoms with Crippen molar-refractivity contribution in [2.45, 2.75) is 89.1 Å². The fraction of sp³-hybridized carbons (Fsp3) is 0.900. The Labute approximate surface area is 147 Å². The summed E-state index contributed by atoms with van der Waals surface area (Å²) in [5.41, 5.74) is -0.331. The molecule has 0 N–H and O–H groups in total. The molecule has 2 fully saturated rings. The number of ether oxygens (including phenoxy) is 4. The molecule has 0 saturated carbocycles. The third kappa shape index (κ3) is 5.29. The summed E-state index contributed by atoms with van der Waals surface area (Å²) in [5.74, 6) is 0.